The number of rotatable bonds is 5. The molecule has 1 fully saturated rings. The summed E-state index contributed by atoms with van der Waals surface area (Å²) in [5.41, 5.74) is 8.10. The van der Waals surface area contributed by atoms with Crippen molar-refractivity contribution in [3.63, 3.8) is 0 Å². The first-order valence-corrected chi connectivity index (χ1v) is 7.54. The maximum atomic E-state index is 5.93. The van der Waals surface area contributed by atoms with Gasteiger partial charge in [0.1, 0.15) is 0 Å². The van der Waals surface area contributed by atoms with Crippen LogP contribution in [0.4, 0.5) is 0 Å². The number of hydrogen-bond acceptors (Lipinski definition) is 3. The average molecular weight is 299 g/mol. The first-order chi connectivity index (χ1) is 10.8. The molecule has 3 N–H and O–H groups in total. The quantitative estimate of drug-likeness (QED) is 0.647. The van der Waals surface area contributed by atoms with Crippen LogP contribution in [0.5, 0.6) is 0 Å². The van der Waals surface area contributed by atoms with Crippen LogP contribution in [0, 0.1) is 0 Å². The second-order valence-electron chi connectivity index (χ2n) is 5.32. The SMILES string of the molecule is NC(=NCc1ccccc1-n1ccnc1)NCC1CCCO1. The van der Waals surface area contributed by atoms with E-state index in [2.05, 4.69) is 15.3 Å². The molecule has 1 saturated heterocycles. The standard InChI is InChI=1S/C16H21N5O/c17-16(20-11-14-5-3-9-22-14)19-10-13-4-1-2-6-15(13)21-8-7-18-12-21/h1-2,4,6-8,12,14H,3,5,9-11H2,(H3,17,19,20). The van der Waals surface area contributed by atoms with Crippen molar-refractivity contribution in [3.05, 3.63) is 48.5 Å². The van der Waals surface area contributed by atoms with E-state index in [1.807, 2.05) is 35.0 Å². The predicted molar refractivity (Wildman–Crippen MR) is 85.9 cm³/mol. The smallest absolute Gasteiger partial charge is 0.189 e. The van der Waals surface area contributed by atoms with E-state index >= 15 is 0 Å². The summed E-state index contributed by atoms with van der Waals surface area (Å²) in [5, 5.41) is 3.13. The number of para-hydroxylation sites is 1. The summed E-state index contributed by atoms with van der Waals surface area (Å²) in [5.74, 6) is 0.455. The Hall–Kier alpha value is -2.34. The third kappa shape index (κ3) is 3.65. The molecule has 1 aromatic carbocycles. The van der Waals surface area contributed by atoms with E-state index < -0.39 is 0 Å². The minimum Gasteiger partial charge on any atom is -0.376 e. The minimum absolute atomic E-state index is 0.256. The van der Waals surface area contributed by atoms with Crippen molar-refractivity contribution < 1.29 is 4.74 Å². The van der Waals surface area contributed by atoms with Gasteiger partial charge in [-0.1, -0.05) is 18.2 Å². The summed E-state index contributed by atoms with van der Waals surface area (Å²) in [7, 11) is 0. The highest BCUT2D eigenvalue weighted by atomic mass is 16.5. The Morgan fingerprint density at radius 3 is 3.14 bits per heavy atom. The summed E-state index contributed by atoms with van der Waals surface area (Å²) >= 11 is 0. The molecule has 0 aliphatic carbocycles. The molecule has 6 heteroatoms. The monoisotopic (exact) mass is 299 g/mol. The fraction of sp³-hybridized carbons (Fsp3) is 0.375. The van der Waals surface area contributed by atoms with Crippen LogP contribution in [0.1, 0.15) is 18.4 Å². The van der Waals surface area contributed by atoms with Crippen molar-refractivity contribution in [1.29, 1.82) is 0 Å². The largest absolute Gasteiger partial charge is 0.376 e. The van der Waals surface area contributed by atoms with Crippen LogP contribution >= 0.6 is 0 Å². The third-order valence-corrected chi connectivity index (χ3v) is 3.73. The van der Waals surface area contributed by atoms with Gasteiger partial charge in [-0.25, -0.2) is 9.98 Å². The maximum Gasteiger partial charge on any atom is 0.189 e. The number of guanidine groups is 1. The molecule has 116 valence electrons. The minimum atomic E-state index is 0.256. The van der Waals surface area contributed by atoms with Gasteiger partial charge >= 0.3 is 0 Å². The summed E-state index contributed by atoms with van der Waals surface area (Å²) in [4.78, 5) is 8.50. The van der Waals surface area contributed by atoms with Gasteiger partial charge in [0.15, 0.2) is 5.96 Å². The lowest BCUT2D eigenvalue weighted by molar-refractivity contribution is 0.114. The summed E-state index contributed by atoms with van der Waals surface area (Å²) in [6, 6.07) is 8.09. The molecular weight excluding hydrogens is 278 g/mol. The van der Waals surface area contributed by atoms with Crippen LogP contribution < -0.4 is 11.1 Å². The number of hydrogen-bond donors (Lipinski definition) is 2. The van der Waals surface area contributed by atoms with E-state index in [0.717, 1.165) is 37.2 Å². The summed E-state index contributed by atoms with van der Waals surface area (Å²) in [6.45, 7) is 2.10. The number of nitrogens with one attached hydrogen (secondary N) is 1. The molecule has 0 bridgehead atoms. The molecule has 1 unspecified atom stereocenters. The van der Waals surface area contributed by atoms with Crippen molar-refractivity contribution in [3.8, 4) is 5.69 Å². The van der Waals surface area contributed by atoms with Crippen molar-refractivity contribution in [2.24, 2.45) is 10.7 Å². The van der Waals surface area contributed by atoms with Crippen molar-refractivity contribution in [2.75, 3.05) is 13.2 Å². The zero-order valence-electron chi connectivity index (χ0n) is 12.5. The van der Waals surface area contributed by atoms with Gasteiger partial charge in [-0.05, 0) is 24.5 Å². The zero-order chi connectivity index (χ0) is 15.2. The van der Waals surface area contributed by atoms with Crippen LogP contribution in [0.25, 0.3) is 5.69 Å². The lowest BCUT2D eigenvalue weighted by atomic mass is 10.2. The van der Waals surface area contributed by atoms with Gasteiger partial charge in [0, 0.05) is 25.5 Å². The number of aliphatic imine (C=N–C) groups is 1. The van der Waals surface area contributed by atoms with Gasteiger partial charge in [0.25, 0.3) is 0 Å². The van der Waals surface area contributed by atoms with Crippen LogP contribution in [-0.4, -0.2) is 34.8 Å². The topological polar surface area (TPSA) is 77.5 Å². The molecule has 1 aromatic heterocycles. The molecule has 2 aromatic rings. The molecule has 1 aliphatic rings. The fourth-order valence-electron chi connectivity index (χ4n) is 2.55. The Balaban J connectivity index is 1.62. The molecular formula is C16H21N5O. The molecule has 22 heavy (non-hydrogen) atoms. The third-order valence-electron chi connectivity index (χ3n) is 3.73. The van der Waals surface area contributed by atoms with Gasteiger partial charge in [-0.3, -0.25) is 0 Å². The summed E-state index contributed by atoms with van der Waals surface area (Å²) in [6.07, 6.45) is 7.93. The van der Waals surface area contributed by atoms with E-state index in [-0.39, 0.29) is 6.10 Å². The lowest BCUT2D eigenvalue weighted by Gasteiger charge is -2.12. The van der Waals surface area contributed by atoms with E-state index in [0.29, 0.717) is 12.5 Å². The number of ether oxygens (including phenoxy) is 1. The Morgan fingerprint density at radius 2 is 2.36 bits per heavy atom. The van der Waals surface area contributed by atoms with Crippen LogP contribution in [0.2, 0.25) is 0 Å². The number of nitrogens with zero attached hydrogens (tertiary/aromatic N) is 3. The van der Waals surface area contributed by atoms with E-state index in [1.54, 1.807) is 12.5 Å². The van der Waals surface area contributed by atoms with Crippen molar-refractivity contribution in [2.45, 2.75) is 25.5 Å². The molecule has 0 saturated carbocycles. The van der Waals surface area contributed by atoms with Crippen LogP contribution in [-0.2, 0) is 11.3 Å². The fourth-order valence-corrected chi connectivity index (χ4v) is 2.55. The number of imidazole rings is 1. The molecule has 0 radical (unpaired) electrons. The Labute approximate surface area is 130 Å². The molecule has 1 aliphatic heterocycles. The van der Waals surface area contributed by atoms with Crippen molar-refractivity contribution >= 4 is 5.96 Å². The maximum absolute atomic E-state index is 5.93. The molecule has 1 atom stereocenters. The van der Waals surface area contributed by atoms with Crippen molar-refractivity contribution in [1.82, 2.24) is 14.9 Å². The molecule has 6 nitrogen and oxygen atoms in total. The Bertz CT molecular complexity index is 617. The van der Waals surface area contributed by atoms with Gasteiger partial charge in [0.2, 0.25) is 0 Å². The zero-order valence-corrected chi connectivity index (χ0v) is 12.5. The van der Waals surface area contributed by atoms with E-state index in [4.69, 9.17) is 10.5 Å². The Morgan fingerprint density at radius 1 is 1.45 bits per heavy atom. The lowest BCUT2D eigenvalue weighted by Crippen LogP contribution is -2.37. The molecule has 2 heterocycles. The number of nitrogens with two attached hydrogens (primary N) is 1. The highest BCUT2D eigenvalue weighted by Crippen LogP contribution is 2.15. The van der Waals surface area contributed by atoms with Gasteiger partial charge in [-0.15, -0.1) is 0 Å². The first kappa shape index (κ1) is 14.6. The van der Waals surface area contributed by atoms with Crippen LogP contribution in [0.15, 0.2) is 48.0 Å². The number of benzene rings is 1. The normalized spacial score (nSPS) is 18.5. The molecule has 3 rings (SSSR count). The van der Waals surface area contributed by atoms with E-state index in [9.17, 15) is 0 Å². The molecule has 0 spiro atoms. The van der Waals surface area contributed by atoms with Gasteiger partial charge in [-0.2, -0.15) is 0 Å². The highest BCUT2D eigenvalue weighted by Gasteiger charge is 2.14. The second kappa shape index (κ2) is 7.09. The summed E-state index contributed by atoms with van der Waals surface area (Å²) < 4.78 is 7.52. The average Bonchev–Trinajstić information content (AvgIpc) is 3.24. The van der Waals surface area contributed by atoms with Gasteiger partial charge in [0.05, 0.1) is 24.7 Å². The van der Waals surface area contributed by atoms with E-state index in [1.165, 1.54) is 0 Å². The first-order valence-electron chi connectivity index (χ1n) is 7.54. The van der Waals surface area contributed by atoms with Gasteiger partial charge < -0.3 is 20.4 Å². The number of aromatic nitrogens is 2. The second-order valence-corrected chi connectivity index (χ2v) is 5.32. The van der Waals surface area contributed by atoms with Crippen LogP contribution in [0.3, 0.4) is 0 Å². The predicted octanol–water partition coefficient (Wildman–Crippen LogP) is 1.46. The molecule has 0 amide bonds. The highest BCUT2D eigenvalue weighted by molar-refractivity contribution is 5.77. The Kier molecular flexibility index (Phi) is 4.70.